The molecule has 4 nitrogen and oxygen atoms in total. The van der Waals surface area contributed by atoms with Crippen LogP contribution in [0.1, 0.15) is 55.8 Å². The lowest BCUT2D eigenvalue weighted by Crippen LogP contribution is -2.38. The highest BCUT2D eigenvalue weighted by Crippen LogP contribution is 2.30. The highest BCUT2D eigenvalue weighted by molar-refractivity contribution is 5.77. The third-order valence-corrected chi connectivity index (χ3v) is 5.73. The minimum atomic E-state index is 0.248. The average Bonchev–Trinajstić information content (AvgIpc) is 3.33. The molecule has 0 spiro atoms. The number of amides is 1. The number of ether oxygens (including phenoxy) is 1. The molecule has 4 heteroatoms. The van der Waals surface area contributed by atoms with Crippen LogP contribution in [0.2, 0.25) is 0 Å². The zero-order chi connectivity index (χ0) is 18.6. The van der Waals surface area contributed by atoms with Crippen LogP contribution in [0.15, 0.2) is 42.6 Å². The molecule has 0 bridgehead atoms. The summed E-state index contributed by atoms with van der Waals surface area (Å²) < 4.78 is 5.78. The maximum atomic E-state index is 13.1. The monoisotopic (exact) mass is 364 g/mol. The summed E-state index contributed by atoms with van der Waals surface area (Å²) in [7, 11) is 0. The molecule has 0 radical (unpaired) electrons. The molecular formula is C23H28N2O2. The van der Waals surface area contributed by atoms with Crippen LogP contribution in [0.5, 0.6) is 5.75 Å². The first-order valence-corrected chi connectivity index (χ1v) is 10.2. The Labute approximate surface area is 161 Å². The first-order valence-electron chi connectivity index (χ1n) is 10.2. The van der Waals surface area contributed by atoms with E-state index in [1.165, 1.54) is 24.0 Å². The number of aromatic nitrogens is 1. The number of hydrogen-bond acceptors (Lipinski definition) is 3. The Hall–Kier alpha value is -2.36. The number of aryl methyl sites for hydroxylation is 1. The van der Waals surface area contributed by atoms with Crippen LogP contribution in [0.25, 0.3) is 0 Å². The predicted octanol–water partition coefficient (Wildman–Crippen LogP) is 4.31. The quantitative estimate of drug-likeness (QED) is 0.767. The second kappa shape index (κ2) is 8.12. The second-order valence-corrected chi connectivity index (χ2v) is 7.86. The molecule has 4 rings (SSSR count). The topological polar surface area (TPSA) is 42.4 Å². The van der Waals surface area contributed by atoms with Gasteiger partial charge in [0.05, 0.1) is 12.2 Å². The van der Waals surface area contributed by atoms with Gasteiger partial charge in [-0.15, -0.1) is 0 Å². The number of hydrogen-bond donors (Lipinski definition) is 0. The first kappa shape index (κ1) is 18.0. The maximum absolute atomic E-state index is 13.1. The molecule has 2 heterocycles. The summed E-state index contributed by atoms with van der Waals surface area (Å²) in [5.74, 6) is 1.25. The van der Waals surface area contributed by atoms with E-state index in [0.717, 1.165) is 37.1 Å². The van der Waals surface area contributed by atoms with Crippen LogP contribution in [0.3, 0.4) is 0 Å². The Morgan fingerprint density at radius 3 is 2.85 bits per heavy atom. The van der Waals surface area contributed by atoms with Crippen LogP contribution < -0.4 is 4.74 Å². The summed E-state index contributed by atoms with van der Waals surface area (Å²) in [5, 5.41) is 0. The molecule has 142 valence electrons. The van der Waals surface area contributed by atoms with E-state index in [1.54, 1.807) is 6.20 Å². The summed E-state index contributed by atoms with van der Waals surface area (Å²) in [6, 6.07) is 12.7. The first-order chi connectivity index (χ1) is 13.2. The molecular weight excluding hydrogens is 336 g/mol. The number of nitrogens with zero attached hydrogens (tertiary/aromatic N) is 2. The van der Waals surface area contributed by atoms with Crippen molar-refractivity contribution in [3.8, 4) is 5.75 Å². The van der Waals surface area contributed by atoms with Crippen molar-refractivity contribution in [1.29, 1.82) is 0 Å². The van der Waals surface area contributed by atoms with E-state index in [-0.39, 0.29) is 12.0 Å². The van der Waals surface area contributed by atoms with Gasteiger partial charge in [0.2, 0.25) is 5.91 Å². The number of carbonyl (C=O) groups is 1. The Balaban J connectivity index is 1.41. The van der Waals surface area contributed by atoms with Gasteiger partial charge in [0.1, 0.15) is 11.9 Å². The summed E-state index contributed by atoms with van der Waals surface area (Å²) in [5.41, 5.74) is 3.47. The van der Waals surface area contributed by atoms with Gasteiger partial charge >= 0.3 is 0 Å². The van der Waals surface area contributed by atoms with E-state index < -0.39 is 0 Å². The molecule has 1 aromatic heterocycles. The van der Waals surface area contributed by atoms with Crippen molar-refractivity contribution in [2.45, 2.75) is 70.6 Å². The third kappa shape index (κ3) is 4.32. The molecule has 1 aliphatic carbocycles. The molecule has 0 N–H and O–H groups in total. The summed E-state index contributed by atoms with van der Waals surface area (Å²) in [6.07, 6.45) is 9.04. The van der Waals surface area contributed by atoms with Crippen LogP contribution in [0, 0.1) is 0 Å². The third-order valence-electron chi connectivity index (χ3n) is 5.73. The number of rotatable bonds is 6. The number of benzene rings is 1. The molecule has 1 atom stereocenters. The van der Waals surface area contributed by atoms with E-state index in [9.17, 15) is 4.79 Å². The van der Waals surface area contributed by atoms with Crippen molar-refractivity contribution < 1.29 is 9.53 Å². The smallest absolute Gasteiger partial charge is 0.223 e. The Morgan fingerprint density at radius 1 is 1.22 bits per heavy atom. The normalized spacial score (nSPS) is 18.9. The molecule has 2 aromatic rings. The van der Waals surface area contributed by atoms with Crippen molar-refractivity contribution in [1.82, 2.24) is 9.88 Å². The number of carbonyl (C=O) groups excluding carboxylic acids is 1. The molecule has 2 aliphatic rings. The molecule has 1 aliphatic heterocycles. The van der Waals surface area contributed by atoms with Crippen molar-refractivity contribution in [3.05, 3.63) is 59.4 Å². The van der Waals surface area contributed by atoms with Gasteiger partial charge < -0.3 is 9.64 Å². The largest absolute Gasteiger partial charge is 0.490 e. The molecule has 27 heavy (non-hydrogen) atoms. The van der Waals surface area contributed by atoms with Gasteiger partial charge in [0, 0.05) is 25.1 Å². The van der Waals surface area contributed by atoms with Gasteiger partial charge in [-0.3, -0.25) is 9.78 Å². The minimum absolute atomic E-state index is 0.248. The predicted molar refractivity (Wildman–Crippen MR) is 106 cm³/mol. The lowest BCUT2D eigenvalue weighted by molar-refractivity contribution is -0.134. The van der Waals surface area contributed by atoms with E-state index in [2.05, 4.69) is 35.0 Å². The van der Waals surface area contributed by atoms with E-state index in [0.29, 0.717) is 19.0 Å². The molecule has 1 saturated carbocycles. The Kier molecular flexibility index (Phi) is 5.42. The standard InChI is InChI=1S/C23H28N2O2/c1-17-14-19-15-18(9-11-22(19)27-17)10-12-23(26)25(21-7-2-3-8-21)16-20-6-4-5-13-24-20/h4-6,9,11,13,15,17,21H,2-3,7-8,10,12,14,16H2,1H3/t17-/m1/s1. The fourth-order valence-corrected chi connectivity index (χ4v) is 4.33. The van der Waals surface area contributed by atoms with Gasteiger partial charge in [-0.1, -0.05) is 31.0 Å². The minimum Gasteiger partial charge on any atom is -0.490 e. The van der Waals surface area contributed by atoms with Crippen molar-refractivity contribution in [3.63, 3.8) is 0 Å². The number of pyridine rings is 1. The van der Waals surface area contributed by atoms with Crippen molar-refractivity contribution in [2.75, 3.05) is 0 Å². The molecule has 0 unspecified atom stereocenters. The Morgan fingerprint density at radius 2 is 2.07 bits per heavy atom. The second-order valence-electron chi connectivity index (χ2n) is 7.86. The van der Waals surface area contributed by atoms with Crippen LogP contribution in [-0.2, 0) is 24.2 Å². The van der Waals surface area contributed by atoms with Gasteiger partial charge in [-0.25, -0.2) is 0 Å². The molecule has 1 amide bonds. The zero-order valence-electron chi connectivity index (χ0n) is 16.1. The van der Waals surface area contributed by atoms with Gasteiger partial charge in [-0.05, 0) is 55.5 Å². The van der Waals surface area contributed by atoms with Crippen LogP contribution in [-0.4, -0.2) is 27.9 Å². The van der Waals surface area contributed by atoms with Crippen molar-refractivity contribution in [2.24, 2.45) is 0 Å². The average molecular weight is 364 g/mol. The van der Waals surface area contributed by atoms with Crippen LogP contribution >= 0.6 is 0 Å². The zero-order valence-corrected chi connectivity index (χ0v) is 16.1. The van der Waals surface area contributed by atoms with Gasteiger partial charge in [0.15, 0.2) is 0 Å². The highest BCUT2D eigenvalue weighted by Gasteiger charge is 2.27. The van der Waals surface area contributed by atoms with Crippen LogP contribution in [0.4, 0.5) is 0 Å². The molecule has 1 fully saturated rings. The van der Waals surface area contributed by atoms with E-state index in [1.807, 2.05) is 18.2 Å². The Bertz CT molecular complexity index is 784. The fourth-order valence-electron chi connectivity index (χ4n) is 4.33. The summed E-state index contributed by atoms with van der Waals surface area (Å²) in [6.45, 7) is 2.72. The van der Waals surface area contributed by atoms with Gasteiger partial charge in [-0.2, -0.15) is 0 Å². The SMILES string of the molecule is C[C@@H]1Cc2cc(CCC(=O)N(Cc3ccccn3)C3CCCC3)ccc2O1. The fraction of sp³-hybridized carbons (Fsp3) is 0.478. The van der Waals surface area contributed by atoms with Crippen molar-refractivity contribution >= 4 is 5.91 Å². The van der Waals surface area contributed by atoms with E-state index >= 15 is 0 Å². The summed E-state index contributed by atoms with van der Waals surface area (Å²) in [4.78, 5) is 19.6. The molecule has 1 aromatic carbocycles. The molecule has 0 saturated heterocycles. The summed E-state index contributed by atoms with van der Waals surface area (Å²) >= 11 is 0. The lowest BCUT2D eigenvalue weighted by Gasteiger charge is -2.29. The maximum Gasteiger partial charge on any atom is 0.223 e. The highest BCUT2D eigenvalue weighted by atomic mass is 16.5. The number of fused-ring (bicyclic) bond motifs is 1. The van der Waals surface area contributed by atoms with Gasteiger partial charge in [0.25, 0.3) is 0 Å². The van der Waals surface area contributed by atoms with E-state index in [4.69, 9.17) is 4.74 Å². The lowest BCUT2D eigenvalue weighted by atomic mass is 10.0.